The van der Waals surface area contributed by atoms with Crippen LogP contribution in [0.2, 0.25) is 0 Å². The quantitative estimate of drug-likeness (QED) is 0.917. The van der Waals surface area contributed by atoms with Crippen molar-refractivity contribution in [3.63, 3.8) is 0 Å². The summed E-state index contributed by atoms with van der Waals surface area (Å²) in [5.41, 5.74) is 9.28. The Kier molecular flexibility index (Phi) is 4.66. The van der Waals surface area contributed by atoms with Crippen molar-refractivity contribution < 1.29 is 4.79 Å². The molecule has 0 bridgehead atoms. The Morgan fingerprint density at radius 1 is 1.11 bits per heavy atom. The van der Waals surface area contributed by atoms with Gasteiger partial charge in [-0.3, -0.25) is 4.79 Å². The molecule has 100 valence electrons. The lowest BCUT2D eigenvalue weighted by molar-refractivity contribution is 0.100. The standard InChI is InChI=1S/C13H15N3OS2/c1-18-6-11-12(7-19-2)16-10-5-8(13(14)17)3-4-9(10)15-11/h3-5H,6-7H2,1-2H3,(H2,14,17). The topological polar surface area (TPSA) is 68.9 Å². The van der Waals surface area contributed by atoms with Crippen LogP contribution in [0, 0.1) is 0 Å². The zero-order valence-corrected chi connectivity index (χ0v) is 12.5. The summed E-state index contributed by atoms with van der Waals surface area (Å²) in [4.78, 5) is 20.4. The molecule has 0 atom stereocenters. The van der Waals surface area contributed by atoms with E-state index in [4.69, 9.17) is 5.73 Å². The number of nitrogens with zero attached hydrogens (tertiary/aromatic N) is 2. The molecular weight excluding hydrogens is 278 g/mol. The van der Waals surface area contributed by atoms with E-state index >= 15 is 0 Å². The maximum absolute atomic E-state index is 11.2. The Labute approximate surface area is 120 Å². The summed E-state index contributed by atoms with van der Waals surface area (Å²) in [6.07, 6.45) is 4.08. The molecule has 0 saturated heterocycles. The molecule has 1 aromatic heterocycles. The molecule has 2 rings (SSSR count). The zero-order valence-electron chi connectivity index (χ0n) is 10.8. The molecule has 19 heavy (non-hydrogen) atoms. The third-order valence-corrected chi connectivity index (χ3v) is 3.79. The second-order valence-electron chi connectivity index (χ2n) is 4.05. The molecule has 4 nitrogen and oxygen atoms in total. The van der Waals surface area contributed by atoms with E-state index in [0.717, 1.165) is 33.9 Å². The van der Waals surface area contributed by atoms with E-state index < -0.39 is 5.91 Å². The molecule has 1 heterocycles. The zero-order chi connectivity index (χ0) is 13.8. The molecule has 2 aromatic rings. The van der Waals surface area contributed by atoms with Crippen LogP contribution in [0.3, 0.4) is 0 Å². The normalized spacial score (nSPS) is 10.8. The fourth-order valence-corrected chi connectivity index (χ4v) is 2.79. The number of primary amides is 1. The highest BCUT2D eigenvalue weighted by Crippen LogP contribution is 2.20. The fourth-order valence-electron chi connectivity index (χ4n) is 1.79. The van der Waals surface area contributed by atoms with Crippen molar-refractivity contribution in [3.05, 3.63) is 35.2 Å². The van der Waals surface area contributed by atoms with Crippen LogP contribution >= 0.6 is 23.5 Å². The largest absolute Gasteiger partial charge is 0.366 e. The average molecular weight is 293 g/mol. The first-order valence-corrected chi connectivity index (χ1v) is 8.51. The number of benzene rings is 1. The smallest absolute Gasteiger partial charge is 0.248 e. The Hall–Kier alpha value is -1.27. The number of hydrogen-bond donors (Lipinski definition) is 1. The van der Waals surface area contributed by atoms with Gasteiger partial charge in [-0.05, 0) is 30.7 Å². The summed E-state index contributed by atoms with van der Waals surface area (Å²) in [6.45, 7) is 0. The number of fused-ring (bicyclic) bond motifs is 1. The van der Waals surface area contributed by atoms with E-state index in [1.54, 1.807) is 41.7 Å². The molecule has 0 fully saturated rings. The van der Waals surface area contributed by atoms with Crippen LogP contribution in [0.4, 0.5) is 0 Å². The van der Waals surface area contributed by atoms with Crippen molar-refractivity contribution in [1.29, 1.82) is 0 Å². The Balaban J connectivity index is 2.56. The SMILES string of the molecule is CSCc1nc2ccc(C(N)=O)cc2nc1CSC. The first kappa shape index (κ1) is 14.1. The van der Waals surface area contributed by atoms with Gasteiger partial charge in [0, 0.05) is 17.1 Å². The number of carbonyl (C=O) groups is 1. The summed E-state index contributed by atoms with van der Waals surface area (Å²) in [7, 11) is 0. The van der Waals surface area contributed by atoms with Gasteiger partial charge in [0.2, 0.25) is 5.91 Å². The van der Waals surface area contributed by atoms with E-state index in [1.165, 1.54) is 0 Å². The van der Waals surface area contributed by atoms with Crippen LogP contribution in [0.25, 0.3) is 11.0 Å². The molecule has 0 radical (unpaired) electrons. The summed E-state index contributed by atoms with van der Waals surface area (Å²) in [5.74, 6) is 1.22. The molecule has 1 amide bonds. The number of amides is 1. The van der Waals surface area contributed by atoms with Gasteiger partial charge < -0.3 is 5.73 Å². The highest BCUT2D eigenvalue weighted by atomic mass is 32.2. The minimum absolute atomic E-state index is 0.441. The van der Waals surface area contributed by atoms with E-state index in [-0.39, 0.29) is 0 Å². The number of thioether (sulfide) groups is 2. The molecule has 1 aromatic carbocycles. The highest BCUT2D eigenvalue weighted by molar-refractivity contribution is 7.98. The van der Waals surface area contributed by atoms with E-state index in [2.05, 4.69) is 9.97 Å². The second kappa shape index (κ2) is 6.25. The van der Waals surface area contributed by atoms with Gasteiger partial charge >= 0.3 is 0 Å². The van der Waals surface area contributed by atoms with E-state index in [1.807, 2.05) is 12.5 Å². The van der Waals surface area contributed by atoms with Gasteiger partial charge in [-0.1, -0.05) is 0 Å². The lowest BCUT2D eigenvalue weighted by Crippen LogP contribution is -2.11. The molecule has 0 unspecified atom stereocenters. The van der Waals surface area contributed by atoms with Crippen LogP contribution in [-0.4, -0.2) is 28.4 Å². The fraction of sp³-hybridized carbons (Fsp3) is 0.308. The predicted molar refractivity (Wildman–Crippen MR) is 82.5 cm³/mol. The Morgan fingerprint density at radius 2 is 1.68 bits per heavy atom. The molecule has 6 heteroatoms. The van der Waals surface area contributed by atoms with Crippen LogP contribution in [0.1, 0.15) is 21.7 Å². The highest BCUT2D eigenvalue weighted by Gasteiger charge is 2.10. The maximum atomic E-state index is 11.2. The van der Waals surface area contributed by atoms with Gasteiger partial charge in [-0.15, -0.1) is 0 Å². The van der Waals surface area contributed by atoms with Crippen molar-refractivity contribution in [2.75, 3.05) is 12.5 Å². The Morgan fingerprint density at radius 3 is 2.21 bits per heavy atom. The van der Waals surface area contributed by atoms with Crippen LogP contribution < -0.4 is 5.73 Å². The summed E-state index contributed by atoms with van der Waals surface area (Å²) < 4.78 is 0. The molecular formula is C13H15N3OS2. The van der Waals surface area contributed by atoms with Crippen molar-refractivity contribution in [1.82, 2.24) is 9.97 Å². The third kappa shape index (κ3) is 3.19. The first-order chi connectivity index (χ1) is 9.15. The summed E-state index contributed by atoms with van der Waals surface area (Å²) in [6, 6.07) is 5.20. The lowest BCUT2D eigenvalue weighted by atomic mass is 10.1. The number of rotatable bonds is 5. The summed E-state index contributed by atoms with van der Waals surface area (Å²) >= 11 is 3.44. The van der Waals surface area contributed by atoms with Crippen LogP contribution in [-0.2, 0) is 11.5 Å². The number of nitrogens with two attached hydrogens (primary N) is 1. The minimum atomic E-state index is -0.441. The van der Waals surface area contributed by atoms with Gasteiger partial charge in [0.25, 0.3) is 0 Å². The van der Waals surface area contributed by atoms with E-state index in [0.29, 0.717) is 5.56 Å². The van der Waals surface area contributed by atoms with Gasteiger partial charge in [-0.25, -0.2) is 9.97 Å². The Bertz CT molecular complexity index is 616. The van der Waals surface area contributed by atoms with Crippen LogP contribution in [0.5, 0.6) is 0 Å². The molecule has 0 saturated carbocycles. The number of carbonyl (C=O) groups excluding carboxylic acids is 1. The van der Waals surface area contributed by atoms with Gasteiger partial charge in [0.05, 0.1) is 22.4 Å². The maximum Gasteiger partial charge on any atom is 0.248 e. The molecule has 0 aliphatic carbocycles. The molecule has 0 aliphatic heterocycles. The van der Waals surface area contributed by atoms with Gasteiger partial charge in [0.15, 0.2) is 0 Å². The van der Waals surface area contributed by atoms with Gasteiger partial charge in [-0.2, -0.15) is 23.5 Å². The van der Waals surface area contributed by atoms with E-state index in [9.17, 15) is 4.79 Å². The molecule has 0 aliphatic rings. The van der Waals surface area contributed by atoms with Crippen molar-refractivity contribution in [3.8, 4) is 0 Å². The third-order valence-electron chi connectivity index (χ3n) is 2.67. The molecule has 2 N–H and O–H groups in total. The minimum Gasteiger partial charge on any atom is -0.366 e. The first-order valence-electron chi connectivity index (χ1n) is 5.73. The van der Waals surface area contributed by atoms with Crippen molar-refractivity contribution >= 4 is 40.5 Å². The van der Waals surface area contributed by atoms with Crippen molar-refractivity contribution in [2.24, 2.45) is 5.73 Å². The number of aromatic nitrogens is 2. The van der Waals surface area contributed by atoms with Crippen LogP contribution in [0.15, 0.2) is 18.2 Å². The summed E-state index contributed by atoms with van der Waals surface area (Å²) in [5, 5.41) is 0. The van der Waals surface area contributed by atoms with Gasteiger partial charge in [0.1, 0.15) is 0 Å². The lowest BCUT2D eigenvalue weighted by Gasteiger charge is -2.08. The molecule has 0 spiro atoms. The monoisotopic (exact) mass is 293 g/mol. The predicted octanol–water partition coefficient (Wildman–Crippen LogP) is 2.45. The second-order valence-corrected chi connectivity index (χ2v) is 5.78. The number of hydrogen-bond acceptors (Lipinski definition) is 5. The van der Waals surface area contributed by atoms with Crippen molar-refractivity contribution in [2.45, 2.75) is 11.5 Å². The average Bonchev–Trinajstić information content (AvgIpc) is 2.39.